The number of rotatable bonds is 4. The average Bonchev–Trinajstić information content (AvgIpc) is 2.18. The van der Waals surface area contributed by atoms with Crippen LogP contribution in [0.2, 0.25) is 0 Å². The van der Waals surface area contributed by atoms with Gasteiger partial charge in [0.05, 0.1) is 13.7 Å². The highest BCUT2D eigenvalue weighted by Gasteiger charge is 2.06. The third kappa shape index (κ3) is 2.22. The van der Waals surface area contributed by atoms with E-state index in [1.54, 1.807) is 7.11 Å². The molecule has 2 heteroatoms. The highest BCUT2D eigenvalue weighted by atomic mass is 16.5. The van der Waals surface area contributed by atoms with E-state index in [2.05, 4.69) is 6.92 Å². The summed E-state index contributed by atoms with van der Waals surface area (Å²) in [5.41, 5.74) is 2.11. The van der Waals surface area contributed by atoms with Gasteiger partial charge in [-0.2, -0.15) is 0 Å². The van der Waals surface area contributed by atoms with Crippen molar-refractivity contribution in [2.45, 2.75) is 26.4 Å². The van der Waals surface area contributed by atoms with Crippen molar-refractivity contribution in [1.82, 2.24) is 0 Å². The van der Waals surface area contributed by atoms with Crippen molar-refractivity contribution >= 4 is 0 Å². The molecule has 1 N–H and O–H groups in total. The van der Waals surface area contributed by atoms with Gasteiger partial charge in [0.1, 0.15) is 5.75 Å². The van der Waals surface area contributed by atoms with E-state index in [-0.39, 0.29) is 6.61 Å². The van der Waals surface area contributed by atoms with Crippen LogP contribution < -0.4 is 4.74 Å². The normalized spacial score (nSPS) is 10.1. The van der Waals surface area contributed by atoms with E-state index in [0.717, 1.165) is 24.2 Å². The van der Waals surface area contributed by atoms with Gasteiger partial charge < -0.3 is 9.84 Å². The smallest absolute Gasteiger partial charge is 0.124 e. The molecule has 1 aromatic carbocycles. The van der Waals surface area contributed by atoms with Crippen LogP contribution in [0.25, 0.3) is 0 Å². The predicted molar refractivity (Wildman–Crippen MR) is 52.9 cm³/mol. The first-order valence-corrected chi connectivity index (χ1v) is 4.59. The van der Waals surface area contributed by atoms with Crippen LogP contribution in [0, 0.1) is 0 Å². The van der Waals surface area contributed by atoms with Gasteiger partial charge in [-0.15, -0.1) is 0 Å². The van der Waals surface area contributed by atoms with Gasteiger partial charge in [0.2, 0.25) is 0 Å². The highest BCUT2D eigenvalue weighted by Crippen LogP contribution is 2.22. The zero-order chi connectivity index (χ0) is 9.68. The Balaban J connectivity index is 3.03. The lowest BCUT2D eigenvalue weighted by atomic mass is 10.0. The van der Waals surface area contributed by atoms with E-state index >= 15 is 0 Å². The highest BCUT2D eigenvalue weighted by molar-refractivity contribution is 5.39. The number of aryl methyl sites for hydroxylation is 1. The molecule has 0 unspecified atom stereocenters. The molecular formula is C11H16O2. The van der Waals surface area contributed by atoms with Crippen molar-refractivity contribution in [3.63, 3.8) is 0 Å². The fourth-order valence-corrected chi connectivity index (χ4v) is 1.49. The summed E-state index contributed by atoms with van der Waals surface area (Å²) in [5.74, 6) is 0.786. The van der Waals surface area contributed by atoms with Crippen molar-refractivity contribution in [3.05, 3.63) is 29.3 Å². The van der Waals surface area contributed by atoms with Crippen molar-refractivity contribution in [1.29, 1.82) is 0 Å². The van der Waals surface area contributed by atoms with Crippen molar-refractivity contribution in [2.75, 3.05) is 7.11 Å². The summed E-state index contributed by atoms with van der Waals surface area (Å²) < 4.78 is 5.16. The lowest BCUT2D eigenvalue weighted by Gasteiger charge is -2.10. The fourth-order valence-electron chi connectivity index (χ4n) is 1.49. The Bertz CT molecular complexity index is 269. The van der Waals surface area contributed by atoms with Gasteiger partial charge in [0.15, 0.2) is 0 Å². The summed E-state index contributed by atoms with van der Waals surface area (Å²) in [6.07, 6.45) is 2.08. The molecule has 1 aromatic rings. The van der Waals surface area contributed by atoms with Crippen LogP contribution in [0.1, 0.15) is 24.5 Å². The molecular weight excluding hydrogens is 164 g/mol. The minimum atomic E-state index is 0.0549. The number of benzene rings is 1. The van der Waals surface area contributed by atoms with Crippen LogP contribution in [-0.2, 0) is 13.0 Å². The molecule has 0 amide bonds. The zero-order valence-corrected chi connectivity index (χ0v) is 8.21. The lowest BCUT2D eigenvalue weighted by Crippen LogP contribution is -1.97. The number of hydrogen-bond donors (Lipinski definition) is 1. The topological polar surface area (TPSA) is 29.5 Å². The van der Waals surface area contributed by atoms with E-state index in [4.69, 9.17) is 4.74 Å². The van der Waals surface area contributed by atoms with Crippen molar-refractivity contribution in [3.8, 4) is 5.75 Å². The van der Waals surface area contributed by atoms with Crippen LogP contribution in [0.3, 0.4) is 0 Å². The average molecular weight is 180 g/mol. The third-order valence-electron chi connectivity index (χ3n) is 2.13. The van der Waals surface area contributed by atoms with Crippen LogP contribution >= 0.6 is 0 Å². The number of aliphatic hydroxyl groups is 1. The first-order chi connectivity index (χ1) is 6.33. The number of hydrogen-bond acceptors (Lipinski definition) is 2. The Morgan fingerprint density at radius 3 is 2.69 bits per heavy atom. The molecule has 0 bridgehead atoms. The second kappa shape index (κ2) is 4.87. The second-order valence-corrected chi connectivity index (χ2v) is 3.01. The SMILES string of the molecule is CCCc1cccc(OC)c1CO. The zero-order valence-electron chi connectivity index (χ0n) is 8.21. The molecule has 0 aromatic heterocycles. The Kier molecular flexibility index (Phi) is 3.77. The molecule has 0 aliphatic carbocycles. The molecule has 0 heterocycles. The minimum absolute atomic E-state index is 0.0549. The van der Waals surface area contributed by atoms with E-state index in [9.17, 15) is 5.11 Å². The molecule has 0 atom stereocenters. The summed E-state index contributed by atoms with van der Waals surface area (Å²) in [5, 5.41) is 9.18. The first-order valence-electron chi connectivity index (χ1n) is 4.59. The summed E-state index contributed by atoms with van der Waals surface area (Å²) in [7, 11) is 1.63. The summed E-state index contributed by atoms with van der Waals surface area (Å²) in [6.45, 7) is 2.18. The Hall–Kier alpha value is -1.02. The van der Waals surface area contributed by atoms with Gasteiger partial charge >= 0.3 is 0 Å². The molecule has 13 heavy (non-hydrogen) atoms. The summed E-state index contributed by atoms with van der Waals surface area (Å²) in [4.78, 5) is 0. The van der Waals surface area contributed by atoms with E-state index < -0.39 is 0 Å². The fraction of sp³-hybridized carbons (Fsp3) is 0.455. The number of methoxy groups -OCH3 is 1. The number of aliphatic hydroxyl groups excluding tert-OH is 1. The van der Waals surface area contributed by atoms with Crippen LogP contribution in [-0.4, -0.2) is 12.2 Å². The van der Waals surface area contributed by atoms with Crippen LogP contribution in [0.5, 0.6) is 5.75 Å². The molecule has 0 aliphatic heterocycles. The Morgan fingerprint density at radius 2 is 2.15 bits per heavy atom. The molecule has 0 aliphatic rings. The monoisotopic (exact) mass is 180 g/mol. The maximum Gasteiger partial charge on any atom is 0.124 e. The largest absolute Gasteiger partial charge is 0.496 e. The van der Waals surface area contributed by atoms with E-state index in [1.807, 2.05) is 18.2 Å². The van der Waals surface area contributed by atoms with Gasteiger partial charge in [-0.25, -0.2) is 0 Å². The molecule has 1 rings (SSSR count). The van der Waals surface area contributed by atoms with Gasteiger partial charge in [-0.1, -0.05) is 25.5 Å². The van der Waals surface area contributed by atoms with Crippen molar-refractivity contribution in [2.24, 2.45) is 0 Å². The molecule has 72 valence electrons. The van der Waals surface area contributed by atoms with E-state index in [1.165, 1.54) is 5.56 Å². The Morgan fingerprint density at radius 1 is 1.38 bits per heavy atom. The maximum atomic E-state index is 9.18. The van der Waals surface area contributed by atoms with Gasteiger partial charge in [-0.3, -0.25) is 0 Å². The minimum Gasteiger partial charge on any atom is -0.496 e. The van der Waals surface area contributed by atoms with Gasteiger partial charge in [-0.05, 0) is 18.1 Å². The molecule has 0 fully saturated rings. The maximum absolute atomic E-state index is 9.18. The molecule has 0 radical (unpaired) electrons. The van der Waals surface area contributed by atoms with Gasteiger partial charge in [0.25, 0.3) is 0 Å². The van der Waals surface area contributed by atoms with Crippen LogP contribution in [0.15, 0.2) is 18.2 Å². The quantitative estimate of drug-likeness (QED) is 0.769. The van der Waals surface area contributed by atoms with E-state index in [0.29, 0.717) is 0 Å². The lowest BCUT2D eigenvalue weighted by molar-refractivity contribution is 0.272. The number of ether oxygens (including phenoxy) is 1. The third-order valence-corrected chi connectivity index (χ3v) is 2.13. The first kappa shape index (κ1) is 10.1. The summed E-state index contributed by atoms with van der Waals surface area (Å²) >= 11 is 0. The van der Waals surface area contributed by atoms with Gasteiger partial charge in [0, 0.05) is 5.56 Å². The van der Waals surface area contributed by atoms with Crippen LogP contribution in [0.4, 0.5) is 0 Å². The predicted octanol–water partition coefficient (Wildman–Crippen LogP) is 2.14. The molecule has 0 saturated carbocycles. The molecule has 0 saturated heterocycles. The summed E-state index contributed by atoms with van der Waals surface area (Å²) in [6, 6.07) is 5.88. The Labute approximate surface area is 79.2 Å². The molecule has 0 spiro atoms. The standard InChI is InChI=1S/C11H16O2/c1-3-5-9-6-4-7-11(13-2)10(9)8-12/h4,6-7,12H,3,5,8H2,1-2H3. The van der Waals surface area contributed by atoms with Crippen molar-refractivity contribution < 1.29 is 9.84 Å². The second-order valence-electron chi connectivity index (χ2n) is 3.01. The molecule has 2 nitrogen and oxygen atoms in total.